The lowest BCUT2D eigenvalue weighted by Gasteiger charge is -2.24. The van der Waals surface area contributed by atoms with Crippen molar-refractivity contribution in [3.05, 3.63) is 78.1 Å². The monoisotopic (exact) mass is 304 g/mol. The lowest BCUT2D eigenvalue weighted by Crippen LogP contribution is -2.20. The normalized spacial score (nSPS) is 16.2. The number of anilines is 1. The number of hydrogen-bond donors (Lipinski definition) is 1. The van der Waals surface area contributed by atoms with E-state index in [1.165, 1.54) is 5.56 Å². The SMILES string of the molecule is COc1ccc(C2=C[C@@H](c3ccccc3)n3ncnc3N2)cc1. The Morgan fingerprint density at radius 2 is 1.83 bits per heavy atom. The van der Waals surface area contributed by atoms with Crippen molar-refractivity contribution >= 4 is 11.6 Å². The van der Waals surface area contributed by atoms with E-state index in [1.807, 2.05) is 47.1 Å². The number of nitrogens with one attached hydrogen (secondary N) is 1. The predicted molar refractivity (Wildman–Crippen MR) is 89.2 cm³/mol. The Morgan fingerprint density at radius 3 is 2.57 bits per heavy atom. The number of allylic oxidation sites excluding steroid dienone is 1. The van der Waals surface area contributed by atoms with Crippen LogP contribution in [0.2, 0.25) is 0 Å². The molecule has 0 saturated heterocycles. The number of ether oxygens (including phenoxy) is 1. The number of methoxy groups -OCH3 is 1. The smallest absolute Gasteiger partial charge is 0.226 e. The third-order valence-electron chi connectivity index (χ3n) is 3.95. The van der Waals surface area contributed by atoms with Gasteiger partial charge < -0.3 is 10.1 Å². The minimum Gasteiger partial charge on any atom is -0.497 e. The number of benzene rings is 2. The van der Waals surface area contributed by atoms with E-state index in [0.29, 0.717) is 0 Å². The summed E-state index contributed by atoms with van der Waals surface area (Å²) in [6.07, 6.45) is 3.74. The molecule has 0 fully saturated rings. The zero-order valence-corrected chi connectivity index (χ0v) is 12.7. The number of hydrogen-bond acceptors (Lipinski definition) is 4. The van der Waals surface area contributed by atoms with Crippen molar-refractivity contribution in [2.45, 2.75) is 6.04 Å². The van der Waals surface area contributed by atoms with Crippen LogP contribution in [0.15, 0.2) is 67.0 Å². The molecule has 2 heterocycles. The van der Waals surface area contributed by atoms with Gasteiger partial charge in [0.15, 0.2) is 0 Å². The van der Waals surface area contributed by atoms with E-state index >= 15 is 0 Å². The molecule has 5 heteroatoms. The predicted octanol–water partition coefficient (Wildman–Crippen LogP) is 3.34. The molecule has 1 aromatic heterocycles. The fourth-order valence-electron chi connectivity index (χ4n) is 2.76. The van der Waals surface area contributed by atoms with Crippen molar-refractivity contribution in [3.63, 3.8) is 0 Å². The number of aromatic nitrogens is 3. The highest BCUT2D eigenvalue weighted by Crippen LogP contribution is 2.32. The van der Waals surface area contributed by atoms with Crippen LogP contribution >= 0.6 is 0 Å². The number of fused-ring (bicyclic) bond motifs is 1. The van der Waals surface area contributed by atoms with Crippen LogP contribution in [0.1, 0.15) is 17.2 Å². The molecule has 0 bridgehead atoms. The molecule has 23 heavy (non-hydrogen) atoms. The summed E-state index contributed by atoms with van der Waals surface area (Å²) in [5, 5.41) is 7.69. The lowest BCUT2D eigenvalue weighted by molar-refractivity contribution is 0.415. The molecule has 0 saturated carbocycles. The van der Waals surface area contributed by atoms with Gasteiger partial charge in [0.1, 0.15) is 18.1 Å². The molecule has 0 unspecified atom stereocenters. The average Bonchev–Trinajstić information content (AvgIpc) is 3.10. The highest BCUT2D eigenvalue weighted by Gasteiger charge is 2.23. The van der Waals surface area contributed by atoms with Crippen molar-refractivity contribution in [3.8, 4) is 5.75 Å². The van der Waals surface area contributed by atoms with Gasteiger partial charge in [-0.2, -0.15) is 10.1 Å². The summed E-state index contributed by atoms with van der Waals surface area (Å²) in [6.45, 7) is 0. The molecule has 114 valence electrons. The van der Waals surface area contributed by atoms with E-state index in [0.717, 1.165) is 23.0 Å². The van der Waals surface area contributed by atoms with Crippen LogP contribution in [0.5, 0.6) is 5.75 Å². The Hall–Kier alpha value is -3.08. The molecule has 0 aliphatic carbocycles. The van der Waals surface area contributed by atoms with Crippen molar-refractivity contribution in [2.75, 3.05) is 12.4 Å². The van der Waals surface area contributed by atoms with Gasteiger partial charge in [-0.1, -0.05) is 30.3 Å². The second kappa shape index (κ2) is 5.61. The van der Waals surface area contributed by atoms with Gasteiger partial charge in [0, 0.05) is 5.70 Å². The van der Waals surface area contributed by atoms with Crippen LogP contribution < -0.4 is 10.1 Å². The lowest BCUT2D eigenvalue weighted by atomic mass is 10.0. The molecule has 2 aromatic carbocycles. The summed E-state index contributed by atoms with van der Waals surface area (Å²) in [4.78, 5) is 4.32. The summed E-state index contributed by atoms with van der Waals surface area (Å²) < 4.78 is 7.12. The molecule has 1 N–H and O–H groups in total. The van der Waals surface area contributed by atoms with Gasteiger partial charge in [-0.15, -0.1) is 0 Å². The largest absolute Gasteiger partial charge is 0.497 e. The molecule has 0 radical (unpaired) electrons. The van der Waals surface area contributed by atoms with Crippen LogP contribution in [-0.2, 0) is 0 Å². The molecule has 4 rings (SSSR count). The molecule has 0 spiro atoms. The van der Waals surface area contributed by atoms with Crippen LogP contribution in [0.3, 0.4) is 0 Å². The molecule has 5 nitrogen and oxygen atoms in total. The molecule has 3 aromatic rings. The standard InChI is InChI=1S/C18H16N4O/c1-23-15-9-7-13(8-10-15)16-11-17(14-5-3-2-4-6-14)22-18(21-16)19-12-20-22/h2-12,17H,1H3,(H,19,20,21)/t17-/m0/s1. The van der Waals surface area contributed by atoms with Crippen LogP contribution in [0.4, 0.5) is 5.95 Å². The van der Waals surface area contributed by atoms with Gasteiger partial charge in [-0.05, 0) is 41.5 Å². The fourth-order valence-corrected chi connectivity index (χ4v) is 2.76. The van der Waals surface area contributed by atoms with E-state index in [-0.39, 0.29) is 6.04 Å². The zero-order valence-electron chi connectivity index (χ0n) is 12.7. The van der Waals surface area contributed by atoms with E-state index in [2.05, 4.69) is 33.6 Å². The van der Waals surface area contributed by atoms with E-state index in [1.54, 1.807) is 13.4 Å². The third-order valence-corrected chi connectivity index (χ3v) is 3.95. The maximum atomic E-state index is 5.22. The highest BCUT2D eigenvalue weighted by molar-refractivity contribution is 5.77. The maximum absolute atomic E-state index is 5.22. The first-order valence-corrected chi connectivity index (χ1v) is 7.43. The molecule has 1 atom stereocenters. The van der Waals surface area contributed by atoms with Crippen molar-refractivity contribution in [1.82, 2.24) is 14.8 Å². The summed E-state index contributed by atoms with van der Waals surface area (Å²) in [6, 6.07) is 18.3. The van der Waals surface area contributed by atoms with Crippen LogP contribution in [-0.4, -0.2) is 21.9 Å². The molecule has 1 aliphatic heterocycles. The Kier molecular flexibility index (Phi) is 3.31. The van der Waals surface area contributed by atoms with Crippen LogP contribution in [0.25, 0.3) is 5.70 Å². The first kappa shape index (κ1) is 13.6. The van der Waals surface area contributed by atoms with E-state index in [9.17, 15) is 0 Å². The van der Waals surface area contributed by atoms with Gasteiger partial charge >= 0.3 is 0 Å². The summed E-state index contributed by atoms with van der Waals surface area (Å²) in [5.74, 6) is 1.58. The minimum atomic E-state index is 0.0204. The number of nitrogens with zero attached hydrogens (tertiary/aromatic N) is 3. The summed E-state index contributed by atoms with van der Waals surface area (Å²) >= 11 is 0. The van der Waals surface area contributed by atoms with Crippen molar-refractivity contribution in [2.24, 2.45) is 0 Å². The van der Waals surface area contributed by atoms with E-state index < -0.39 is 0 Å². The van der Waals surface area contributed by atoms with Gasteiger partial charge in [-0.25, -0.2) is 4.68 Å². The number of rotatable bonds is 3. The van der Waals surface area contributed by atoms with Gasteiger partial charge in [0.05, 0.1) is 7.11 Å². The Morgan fingerprint density at radius 1 is 1.04 bits per heavy atom. The van der Waals surface area contributed by atoms with E-state index in [4.69, 9.17) is 4.74 Å². The average molecular weight is 304 g/mol. The summed E-state index contributed by atoms with van der Waals surface area (Å²) in [5.41, 5.74) is 3.27. The third kappa shape index (κ3) is 2.46. The van der Waals surface area contributed by atoms with Gasteiger partial charge in [0.25, 0.3) is 0 Å². The zero-order chi connectivity index (χ0) is 15.6. The molecule has 0 amide bonds. The Bertz CT molecular complexity index is 837. The fraction of sp³-hybridized carbons (Fsp3) is 0.111. The Balaban J connectivity index is 1.77. The quantitative estimate of drug-likeness (QED) is 0.806. The highest BCUT2D eigenvalue weighted by atomic mass is 16.5. The topological polar surface area (TPSA) is 52.0 Å². The first-order chi connectivity index (χ1) is 11.3. The van der Waals surface area contributed by atoms with Crippen molar-refractivity contribution < 1.29 is 4.74 Å². The van der Waals surface area contributed by atoms with Crippen molar-refractivity contribution in [1.29, 1.82) is 0 Å². The summed E-state index contributed by atoms with van der Waals surface area (Å²) in [7, 11) is 1.67. The first-order valence-electron chi connectivity index (χ1n) is 7.43. The van der Waals surface area contributed by atoms with Gasteiger partial charge in [-0.3, -0.25) is 0 Å². The Labute approximate surface area is 134 Å². The second-order valence-electron chi connectivity index (χ2n) is 5.32. The molecular formula is C18H16N4O. The molecule has 1 aliphatic rings. The second-order valence-corrected chi connectivity index (χ2v) is 5.32. The maximum Gasteiger partial charge on any atom is 0.226 e. The van der Waals surface area contributed by atoms with Crippen LogP contribution in [0, 0.1) is 0 Å². The molecular weight excluding hydrogens is 288 g/mol. The van der Waals surface area contributed by atoms with Gasteiger partial charge in [0.2, 0.25) is 5.95 Å². The minimum absolute atomic E-state index is 0.0204.